The zero-order valence-electron chi connectivity index (χ0n) is 16.7. The fourth-order valence-electron chi connectivity index (χ4n) is 3.30. The molecule has 154 valence electrons. The van der Waals surface area contributed by atoms with Crippen molar-refractivity contribution in [2.45, 2.75) is 31.7 Å². The van der Waals surface area contributed by atoms with Crippen LogP contribution in [0.4, 0.5) is 10.1 Å². The van der Waals surface area contributed by atoms with Crippen molar-refractivity contribution < 1.29 is 12.8 Å². The van der Waals surface area contributed by atoms with Gasteiger partial charge in [0.15, 0.2) is 5.65 Å². The van der Waals surface area contributed by atoms with E-state index in [-0.39, 0.29) is 22.9 Å². The van der Waals surface area contributed by atoms with Crippen molar-refractivity contribution in [2.75, 3.05) is 4.31 Å². The SMILES string of the molecule is CCc1ccc(N(Cc2ccc(F)cc2)S(=O)(=O)c2cccn3c(C)nnc23)cc1. The monoisotopic (exact) mass is 424 g/mol. The van der Waals surface area contributed by atoms with Crippen LogP contribution in [0.3, 0.4) is 0 Å². The molecule has 0 aliphatic heterocycles. The Morgan fingerprint density at radius 1 is 0.967 bits per heavy atom. The van der Waals surface area contributed by atoms with Crippen molar-refractivity contribution >= 4 is 21.4 Å². The Labute approximate surface area is 174 Å². The number of aromatic nitrogens is 3. The maximum Gasteiger partial charge on any atom is 0.268 e. The highest BCUT2D eigenvalue weighted by molar-refractivity contribution is 7.93. The van der Waals surface area contributed by atoms with E-state index in [1.807, 2.05) is 19.1 Å². The third kappa shape index (κ3) is 3.66. The van der Waals surface area contributed by atoms with Crippen LogP contribution in [0.5, 0.6) is 0 Å². The normalized spacial score (nSPS) is 11.7. The van der Waals surface area contributed by atoms with E-state index in [4.69, 9.17) is 0 Å². The van der Waals surface area contributed by atoms with Gasteiger partial charge in [-0.3, -0.25) is 8.71 Å². The lowest BCUT2D eigenvalue weighted by Gasteiger charge is -2.25. The minimum atomic E-state index is -3.98. The van der Waals surface area contributed by atoms with Gasteiger partial charge in [0.05, 0.1) is 12.2 Å². The molecule has 6 nitrogen and oxygen atoms in total. The van der Waals surface area contributed by atoms with Gasteiger partial charge in [-0.05, 0) is 60.9 Å². The van der Waals surface area contributed by atoms with Crippen molar-refractivity contribution in [1.29, 1.82) is 0 Å². The van der Waals surface area contributed by atoms with Crippen LogP contribution in [0.15, 0.2) is 71.8 Å². The highest BCUT2D eigenvalue weighted by atomic mass is 32.2. The molecule has 2 aromatic heterocycles. The Balaban J connectivity index is 1.85. The Bertz CT molecular complexity index is 1280. The first-order valence-electron chi connectivity index (χ1n) is 9.56. The molecule has 8 heteroatoms. The second-order valence-corrected chi connectivity index (χ2v) is 8.80. The van der Waals surface area contributed by atoms with E-state index in [1.54, 1.807) is 47.9 Å². The third-order valence-electron chi connectivity index (χ3n) is 5.01. The van der Waals surface area contributed by atoms with E-state index in [2.05, 4.69) is 10.2 Å². The highest BCUT2D eigenvalue weighted by Crippen LogP contribution is 2.28. The number of halogens is 1. The maximum absolute atomic E-state index is 13.8. The van der Waals surface area contributed by atoms with E-state index >= 15 is 0 Å². The number of aryl methyl sites for hydroxylation is 2. The molecule has 0 fully saturated rings. The lowest BCUT2D eigenvalue weighted by atomic mass is 10.1. The predicted molar refractivity (Wildman–Crippen MR) is 113 cm³/mol. The van der Waals surface area contributed by atoms with E-state index in [0.29, 0.717) is 17.1 Å². The van der Waals surface area contributed by atoms with Gasteiger partial charge in [-0.2, -0.15) is 0 Å². The molecule has 0 atom stereocenters. The number of anilines is 1. The zero-order chi connectivity index (χ0) is 21.3. The topological polar surface area (TPSA) is 67.6 Å². The Morgan fingerprint density at radius 2 is 1.63 bits per heavy atom. The first kappa shape index (κ1) is 20.0. The average molecular weight is 425 g/mol. The molecule has 0 aliphatic carbocycles. The fraction of sp³-hybridized carbons (Fsp3) is 0.182. The molecule has 0 amide bonds. The lowest BCUT2D eigenvalue weighted by Crippen LogP contribution is -2.31. The number of rotatable bonds is 6. The molecule has 2 aromatic carbocycles. The fourth-order valence-corrected chi connectivity index (χ4v) is 4.87. The van der Waals surface area contributed by atoms with Crippen LogP contribution in [0.25, 0.3) is 5.65 Å². The molecule has 0 saturated carbocycles. The number of hydrogen-bond donors (Lipinski definition) is 0. The second kappa shape index (κ2) is 7.87. The Morgan fingerprint density at radius 3 is 2.30 bits per heavy atom. The van der Waals surface area contributed by atoms with Crippen LogP contribution >= 0.6 is 0 Å². The summed E-state index contributed by atoms with van der Waals surface area (Å²) in [6.07, 6.45) is 2.58. The first-order chi connectivity index (χ1) is 14.4. The van der Waals surface area contributed by atoms with Gasteiger partial charge in [0.2, 0.25) is 0 Å². The summed E-state index contributed by atoms with van der Waals surface area (Å²) in [7, 11) is -3.98. The number of pyridine rings is 1. The smallest absolute Gasteiger partial charge is 0.268 e. The molecule has 0 N–H and O–H groups in total. The van der Waals surface area contributed by atoms with Crippen molar-refractivity contribution in [2.24, 2.45) is 0 Å². The minimum Gasteiger partial charge on any atom is -0.286 e. The standard InChI is InChI=1S/C22H21FN4O2S/c1-3-17-8-12-20(13-9-17)27(15-18-6-10-19(23)11-7-18)30(28,29)21-5-4-14-26-16(2)24-25-22(21)26/h4-14H,3,15H2,1-2H3. The van der Waals surface area contributed by atoms with Gasteiger partial charge in [-0.1, -0.05) is 31.2 Å². The molecule has 0 spiro atoms. The van der Waals surface area contributed by atoms with Crippen molar-refractivity contribution in [1.82, 2.24) is 14.6 Å². The molecule has 0 unspecified atom stereocenters. The number of benzene rings is 2. The molecular weight excluding hydrogens is 403 g/mol. The van der Waals surface area contributed by atoms with Gasteiger partial charge in [0.25, 0.3) is 10.0 Å². The van der Waals surface area contributed by atoms with E-state index < -0.39 is 10.0 Å². The number of nitrogens with zero attached hydrogens (tertiary/aromatic N) is 4. The molecule has 30 heavy (non-hydrogen) atoms. The van der Waals surface area contributed by atoms with Gasteiger partial charge in [0, 0.05) is 6.20 Å². The Hall–Kier alpha value is -3.26. The van der Waals surface area contributed by atoms with Crippen molar-refractivity contribution in [3.63, 3.8) is 0 Å². The number of sulfonamides is 1. The van der Waals surface area contributed by atoms with Gasteiger partial charge >= 0.3 is 0 Å². The largest absolute Gasteiger partial charge is 0.286 e. The van der Waals surface area contributed by atoms with Gasteiger partial charge in [-0.15, -0.1) is 10.2 Å². The van der Waals surface area contributed by atoms with E-state index in [0.717, 1.165) is 12.0 Å². The molecule has 2 heterocycles. The average Bonchev–Trinajstić information content (AvgIpc) is 3.14. The van der Waals surface area contributed by atoms with Crippen LogP contribution in [-0.2, 0) is 23.0 Å². The molecule has 0 bridgehead atoms. The molecule has 0 aliphatic rings. The summed E-state index contributed by atoms with van der Waals surface area (Å²) in [5.41, 5.74) is 2.57. The van der Waals surface area contributed by atoms with Crippen LogP contribution < -0.4 is 4.31 Å². The summed E-state index contributed by atoms with van der Waals surface area (Å²) in [5.74, 6) is 0.226. The first-order valence-corrected chi connectivity index (χ1v) is 11.0. The summed E-state index contributed by atoms with van der Waals surface area (Å²) in [4.78, 5) is 0.0623. The third-order valence-corrected chi connectivity index (χ3v) is 6.80. The summed E-state index contributed by atoms with van der Waals surface area (Å²) in [6, 6.07) is 16.4. The van der Waals surface area contributed by atoms with Crippen LogP contribution in [0.1, 0.15) is 23.9 Å². The van der Waals surface area contributed by atoms with Crippen molar-refractivity contribution in [3.05, 3.63) is 89.6 Å². The highest BCUT2D eigenvalue weighted by Gasteiger charge is 2.28. The second-order valence-electron chi connectivity index (χ2n) is 6.97. The quantitative estimate of drug-likeness (QED) is 0.467. The molecule has 4 rings (SSSR count). The summed E-state index contributed by atoms with van der Waals surface area (Å²) in [5, 5.41) is 8.07. The minimum absolute atomic E-state index is 0.0578. The molecular formula is C22H21FN4O2S. The van der Waals surface area contributed by atoms with E-state index in [1.165, 1.54) is 22.5 Å². The van der Waals surface area contributed by atoms with Crippen LogP contribution in [-0.4, -0.2) is 23.0 Å². The lowest BCUT2D eigenvalue weighted by molar-refractivity contribution is 0.590. The van der Waals surface area contributed by atoms with Crippen molar-refractivity contribution in [3.8, 4) is 0 Å². The van der Waals surface area contributed by atoms with Gasteiger partial charge < -0.3 is 0 Å². The van der Waals surface area contributed by atoms with Gasteiger partial charge in [-0.25, -0.2) is 12.8 Å². The van der Waals surface area contributed by atoms with Crippen LogP contribution in [0, 0.1) is 12.7 Å². The summed E-state index contributed by atoms with van der Waals surface area (Å²) in [6.45, 7) is 3.86. The molecule has 0 radical (unpaired) electrons. The number of fused-ring (bicyclic) bond motifs is 1. The maximum atomic E-state index is 13.8. The van der Waals surface area contributed by atoms with E-state index in [9.17, 15) is 12.8 Å². The summed E-state index contributed by atoms with van der Waals surface area (Å²) >= 11 is 0. The van der Waals surface area contributed by atoms with Crippen LogP contribution in [0.2, 0.25) is 0 Å². The summed E-state index contributed by atoms with van der Waals surface area (Å²) < 4.78 is 43.8. The van der Waals surface area contributed by atoms with Gasteiger partial charge in [0.1, 0.15) is 16.5 Å². The molecule has 4 aromatic rings. The predicted octanol–water partition coefficient (Wildman–Crippen LogP) is 4.13. The Kier molecular flexibility index (Phi) is 5.26. The zero-order valence-corrected chi connectivity index (χ0v) is 17.5. The number of hydrogen-bond acceptors (Lipinski definition) is 4. The molecule has 0 saturated heterocycles.